The van der Waals surface area contributed by atoms with Gasteiger partial charge in [0.1, 0.15) is 0 Å². The van der Waals surface area contributed by atoms with Gasteiger partial charge in [0.2, 0.25) is 5.88 Å². The summed E-state index contributed by atoms with van der Waals surface area (Å²) in [5.41, 5.74) is 5.53. The summed E-state index contributed by atoms with van der Waals surface area (Å²) < 4.78 is 5.21. The largest absolute Gasteiger partial charge is 0.358 e. The minimum absolute atomic E-state index is 0.140. The lowest BCUT2D eigenvalue weighted by Gasteiger charge is -2.18. The van der Waals surface area contributed by atoms with E-state index in [4.69, 9.17) is 4.52 Å². The summed E-state index contributed by atoms with van der Waals surface area (Å²) in [5.74, 6) is -0.172. The Bertz CT molecular complexity index is 1490. The number of nitrogens with one attached hydrogen (secondary N) is 5. The van der Waals surface area contributed by atoms with Crippen molar-refractivity contribution in [2.75, 3.05) is 42.1 Å². The van der Waals surface area contributed by atoms with Gasteiger partial charge in [0, 0.05) is 47.2 Å². The molecule has 1 aliphatic heterocycles. The van der Waals surface area contributed by atoms with Crippen LogP contribution < -0.4 is 21.3 Å². The number of amides is 4. The lowest BCUT2D eigenvalue weighted by atomic mass is 9.92. The number of carbonyl (C=O) groups is 3. The number of aromatic amines is 1. The zero-order chi connectivity index (χ0) is 29.9. The van der Waals surface area contributed by atoms with Crippen LogP contribution in [0.25, 0.3) is 11.6 Å². The zero-order valence-corrected chi connectivity index (χ0v) is 24.7. The topological polar surface area (TPSA) is 144 Å². The van der Waals surface area contributed by atoms with Crippen molar-refractivity contribution >= 4 is 46.8 Å². The van der Waals surface area contributed by atoms with Gasteiger partial charge in [-0.25, -0.2) is 4.79 Å². The normalized spacial score (nSPS) is 13.9. The standard InChI is InChI=1S/C30H39N7O4/c1-8-37(9-2)13-12-31-28(39)26-17(3)22(32-18(26)4)15-21-20-11-10-19(14-23(20)34-27(21)38)33-29(40)35-25-16-24(36-41-25)30(5,6)7/h10-11,14-16,32H,8-9,12-13H2,1-7H3,(H,31,39)(H,34,38)(H2,33,35,40)/b21-15-. The van der Waals surface area contributed by atoms with Crippen molar-refractivity contribution < 1.29 is 18.9 Å². The third kappa shape index (κ3) is 6.68. The van der Waals surface area contributed by atoms with Gasteiger partial charge in [-0.3, -0.25) is 14.9 Å². The third-order valence-corrected chi connectivity index (χ3v) is 7.18. The van der Waals surface area contributed by atoms with Gasteiger partial charge >= 0.3 is 6.03 Å². The highest BCUT2D eigenvalue weighted by Crippen LogP contribution is 2.36. The van der Waals surface area contributed by atoms with Crippen LogP contribution in [0.3, 0.4) is 0 Å². The van der Waals surface area contributed by atoms with E-state index in [1.807, 2.05) is 34.6 Å². The van der Waals surface area contributed by atoms with Crippen molar-refractivity contribution in [3.05, 3.63) is 58.0 Å². The highest BCUT2D eigenvalue weighted by molar-refractivity contribution is 6.35. The monoisotopic (exact) mass is 561 g/mol. The van der Waals surface area contributed by atoms with E-state index in [-0.39, 0.29) is 23.1 Å². The van der Waals surface area contributed by atoms with Crippen LogP contribution in [-0.2, 0) is 10.2 Å². The molecule has 4 amide bonds. The van der Waals surface area contributed by atoms with Gasteiger partial charge in [-0.15, -0.1) is 0 Å². The quantitative estimate of drug-likeness (QED) is 0.229. The smallest absolute Gasteiger partial charge is 0.326 e. The first-order valence-corrected chi connectivity index (χ1v) is 13.8. The maximum atomic E-state index is 12.9. The Morgan fingerprint density at radius 2 is 1.83 bits per heavy atom. The van der Waals surface area contributed by atoms with Crippen molar-refractivity contribution in [3.8, 4) is 0 Å². The molecule has 218 valence electrons. The fourth-order valence-electron chi connectivity index (χ4n) is 4.74. The molecular weight excluding hydrogens is 522 g/mol. The second-order valence-electron chi connectivity index (χ2n) is 11.1. The summed E-state index contributed by atoms with van der Waals surface area (Å²) in [6.07, 6.45) is 1.76. The minimum atomic E-state index is -0.498. The maximum Gasteiger partial charge on any atom is 0.326 e. The molecule has 1 aromatic carbocycles. The van der Waals surface area contributed by atoms with E-state index < -0.39 is 6.03 Å². The van der Waals surface area contributed by atoms with Gasteiger partial charge in [0.25, 0.3) is 11.8 Å². The highest BCUT2D eigenvalue weighted by atomic mass is 16.5. The lowest BCUT2D eigenvalue weighted by molar-refractivity contribution is -0.110. The van der Waals surface area contributed by atoms with E-state index in [2.05, 4.69) is 50.2 Å². The molecular formula is C30H39N7O4. The summed E-state index contributed by atoms with van der Waals surface area (Å²) in [7, 11) is 0. The van der Waals surface area contributed by atoms with Crippen LogP contribution >= 0.6 is 0 Å². The molecule has 5 N–H and O–H groups in total. The first kappa shape index (κ1) is 29.6. The predicted molar refractivity (Wildman–Crippen MR) is 161 cm³/mol. The summed E-state index contributed by atoms with van der Waals surface area (Å²) in [6.45, 7) is 17.1. The number of hydrogen-bond donors (Lipinski definition) is 5. The first-order chi connectivity index (χ1) is 19.4. The fourth-order valence-corrected chi connectivity index (χ4v) is 4.74. The lowest BCUT2D eigenvalue weighted by Crippen LogP contribution is -2.35. The minimum Gasteiger partial charge on any atom is -0.358 e. The predicted octanol–water partition coefficient (Wildman–Crippen LogP) is 5.13. The molecule has 0 spiro atoms. The van der Waals surface area contributed by atoms with Crippen LogP contribution in [-0.4, -0.2) is 59.1 Å². The van der Waals surface area contributed by atoms with E-state index in [0.29, 0.717) is 40.3 Å². The van der Waals surface area contributed by atoms with Crippen molar-refractivity contribution in [1.82, 2.24) is 20.4 Å². The fraction of sp³-hybridized carbons (Fsp3) is 0.400. The molecule has 0 aliphatic carbocycles. The molecule has 0 radical (unpaired) electrons. The Balaban J connectivity index is 1.46. The van der Waals surface area contributed by atoms with Crippen LogP contribution in [0.4, 0.5) is 22.1 Å². The number of fused-ring (bicyclic) bond motifs is 1. The van der Waals surface area contributed by atoms with E-state index in [9.17, 15) is 14.4 Å². The average molecular weight is 562 g/mol. The van der Waals surface area contributed by atoms with Crippen molar-refractivity contribution in [1.29, 1.82) is 0 Å². The van der Waals surface area contributed by atoms with E-state index in [0.717, 1.165) is 36.6 Å². The molecule has 11 heteroatoms. The summed E-state index contributed by atoms with van der Waals surface area (Å²) in [4.78, 5) is 43.9. The number of H-pyrrole nitrogens is 1. The van der Waals surface area contributed by atoms with Crippen LogP contribution in [0.15, 0.2) is 28.8 Å². The summed E-state index contributed by atoms with van der Waals surface area (Å²) in [5, 5.41) is 15.2. The van der Waals surface area contributed by atoms with E-state index in [1.54, 1.807) is 30.3 Å². The number of hydrogen-bond acceptors (Lipinski definition) is 6. The molecule has 11 nitrogen and oxygen atoms in total. The van der Waals surface area contributed by atoms with Gasteiger partial charge < -0.3 is 30.4 Å². The zero-order valence-electron chi connectivity index (χ0n) is 24.7. The van der Waals surface area contributed by atoms with Crippen LogP contribution in [0.5, 0.6) is 0 Å². The van der Waals surface area contributed by atoms with Crippen LogP contribution in [0.2, 0.25) is 0 Å². The van der Waals surface area contributed by atoms with Gasteiger partial charge in [-0.05, 0) is 50.7 Å². The van der Waals surface area contributed by atoms with E-state index >= 15 is 0 Å². The number of rotatable bonds is 9. The summed E-state index contributed by atoms with van der Waals surface area (Å²) in [6, 6.07) is 6.37. The van der Waals surface area contributed by atoms with Gasteiger partial charge in [-0.1, -0.05) is 45.8 Å². The Labute approximate surface area is 240 Å². The van der Waals surface area contributed by atoms with E-state index in [1.165, 1.54) is 0 Å². The molecule has 2 aromatic heterocycles. The number of aryl methyl sites for hydroxylation is 1. The molecule has 0 atom stereocenters. The Morgan fingerprint density at radius 3 is 2.49 bits per heavy atom. The van der Waals surface area contributed by atoms with Gasteiger partial charge in [0.05, 0.1) is 22.5 Å². The second-order valence-corrected chi connectivity index (χ2v) is 11.1. The summed E-state index contributed by atoms with van der Waals surface area (Å²) >= 11 is 0. The second kappa shape index (κ2) is 12.0. The molecule has 0 saturated carbocycles. The Morgan fingerprint density at radius 1 is 1.10 bits per heavy atom. The van der Waals surface area contributed by atoms with Gasteiger partial charge in [0.15, 0.2) is 0 Å². The molecule has 1 aliphatic rings. The Kier molecular flexibility index (Phi) is 8.67. The number of anilines is 3. The molecule has 41 heavy (non-hydrogen) atoms. The SMILES string of the molecule is CCN(CC)CCNC(=O)c1c(C)[nH]c(/C=C2\C(=O)Nc3cc(NC(=O)Nc4cc(C(C)(C)C)no4)ccc32)c1C. The number of benzene rings is 1. The van der Waals surface area contributed by atoms with Crippen molar-refractivity contribution in [2.45, 2.75) is 53.9 Å². The number of carbonyl (C=O) groups excluding carboxylic acids is 3. The highest BCUT2D eigenvalue weighted by Gasteiger charge is 2.26. The molecule has 3 aromatic rings. The number of nitrogens with zero attached hydrogens (tertiary/aromatic N) is 2. The number of aromatic nitrogens is 2. The molecule has 3 heterocycles. The maximum absolute atomic E-state index is 12.9. The Hall–Kier alpha value is -4.38. The molecule has 0 saturated heterocycles. The average Bonchev–Trinajstić information content (AvgIpc) is 3.57. The van der Waals surface area contributed by atoms with Gasteiger partial charge in [-0.2, -0.15) is 0 Å². The third-order valence-electron chi connectivity index (χ3n) is 7.18. The first-order valence-electron chi connectivity index (χ1n) is 13.8. The van der Waals surface area contributed by atoms with Crippen LogP contribution in [0.1, 0.15) is 73.2 Å². The number of likely N-dealkylation sites (N-methyl/N-ethyl adjacent to an activating group) is 1. The molecule has 4 rings (SSSR count). The van der Waals surface area contributed by atoms with Crippen molar-refractivity contribution in [3.63, 3.8) is 0 Å². The molecule has 0 fully saturated rings. The molecule has 0 bridgehead atoms. The van der Waals surface area contributed by atoms with Crippen LogP contribution in [0, 0.1) is 13.8 Å². The van der Waals surface area contributed by atoms with Crippen molar-refractivity contribution in [2.24, 2.45) is 0 Å². The number of urea groups is 1. The molecule has 0 unspecified atom stereocenters.